The SMILES string of the molecule is N#Cc1ccc(CN2C3CC2CN(Cc2ccncc2)C3)cc1. The van der Waals surface area contributed by atoms with Gasteiger partial charge in [-0.15, -0.1) is 0 Å². The molecule has 4 heteroatoms. The highest BCUT2D eigenvalue weighted by molar-refractivity contribution is 5.31. The average Bonchev–Trinajstić information content (AvgIpc) is 2.61. The zero-order valence-corrected chi connectivity index (χ0v) is 13.1. The number of nitriles is 1. The van der Waals surface area contributed by atoms with Crippen molar-refractivity contribution in [2.45, 2.75) is 31.6 Å². The van der Waals surface area contributed by atoms with Crippen LogP contribution in [0.3, 0.4) is 0 Å². The highest BCUT2D eigenvalue weighted by Crippen LogP contribution is 2.34. The zero-order valence-electron chi connectivity index (χ0n) is 13.1. The molecule has 1 aromatic carbocycles. The predicted octanol–water partition coefficient (Wildman–Crippen LogP) is 2.41. The number of nitrogens with zero attached hydrogens (tertiary/aromatic N) is 4. The van der Waals surface area contributed by atoms with Crippen LogP contribution in [0.25, 0.3) is 0 Å². The topological polar surface area (TPSA) is 43.2 Å². The maximum Gasteiger partial charge on any atom is 0.0991 e. The van der Waals surface area contributed by atoms with Gasteiger partial charge in [-0.2, -0.15) is 5.26 Å². The molecule has 0 N–H and O–H groups in total. The lowest BCUT2D eigenvalue weighted by Crippen LogP contribution is -2.67. The summed E-state index contributed by atoms with van der Waals surface area (Å²) in [5.74, 6) is 0. The van der Waals surface area contributed by atoms with Gasteiger partial charge in [0.2, 0.25) is 0 Å². The van der Waals surface area contributed by atoms with Gasteiger partial charge in [-0.3, -0.25) is 14.8 Å². The molecule has 3 aliphatic rings. The van der Waals surface area contributed by atoms with Gasteiger partial charge in [-0.05, 0) is 41.8 Å². The van der Waals surface area contributed by atoms with Crippen molar-refractivity contribution in [3.8, 4) is 6.07 Å². The highest BCUT2D eigenvalue weighted by atomic mass is 15.4. The summed E-state index contributed by atoms with van der Waals surface area (Å²) in [5.41, 5.74) is 3.39. The van der Waals surface area contributed by atoms with Gasteiger partial charge in [-0.1, -0.05) is 12.1 Å². The van der Waals surface area contributed by atoms with Gasteiger partial charge < -0.3 is 0 Å². The fourth-order valence-corrected chi connectivity index (χ4v) is 3.80. The minimum atomic E-state index is 0.672. The second-order valence-electron chi connectivity index (χ2n) is 6.57. The Hall–Kier alpha value is -2.22. The molecule has 1 aromatic heterocycles. The van der Waals surface area contributed by atoms with Crippen LogP contribution in [0.4, 0.5) is 0 Å². The molecule has 4 nitrogen and oxygen atoms in total. The van der Waals surface area contributed by atoms with Crippen molar-refractivity contribution in [3.05, 3.63) is 65.5 Å². The largest absolute Gasteiger partial charge is 0.296 e. The molecular weight excluding hydrogens is 284 g/mol. The van der Waals surface area contributed by atoms with Gasteiger partial charge >= 0.3 is 0 Å². The van der Waals surface area contributed by atoms with Crippen LogP contribution in [0.2, 0.25) is 0 Å². The van der Waals surface area contributed by atoms with Gasteiger partial charge in [0.15, 0.2) is 0 Å². The Morgan fingerprint density at radius 3 is 2.26 bits per heavy atom. The van der Waals surface area contributed by atoms with E-state index in [4.69, 9.17) is 5.26 Å². The van der Waals surface area contributed by atoms with Crippen molar-refractivity contribution in [2.24, 2.45) is 0 Å². The van der Waals surface area contributed by atoms with Gasteiger partial charge in [0.05, 0.1) is 11.6 Å². The third-order valence-corrected chi connectivity index (χ3v) is 5.02. The van der Waals surface area contributed by atoms with Crippen LogP contribution in [0.1, 0.15) is 23.1 Å². The molecule has 2 atom stereocenters. The smallest absolute Gasteiger partial charge is 0.0991 e. The molecule has 3 saturated heterocycles. The highest BCUT2D eigenvalue weighted by Gasteiger charge is 2.43. The van der Waals surface area contributed by atoms with Crippen LogP contribution in [0.15, 0.2) is 48.8 Å². The number of benzene rings is 1. The number of hydrogen-bond donors (Lipinski definition) is 0. The first-order chi connectivity index (χ1) is 11.3. The van der Waals surface area contributed by atoms with Crippen LogP contribution in [-0.4, -0.2) is 40.0 Å². The maximum atomic E-state index is 8.88. The summed E-state index contributed by atoms with van der Waals surface area (Å²) < 4.78 is 0. The molecule has 0 spiro atoms. The second kappa shape index (κ2) is 6.11. The first-order valence-corrected chi connectivity index (χ1v) is 8.18. The van der Waals surface area contributed by atoms with Gasteiger partial charge in [-0.25, -0.2) is 0 Å². The Labute approximate surface area is 137 Å². The Kier molecular flexibility index (Phi) is 3.82. The standard InChI is InChI=1S/C19H20N4/c20-10-15-1-3-16(4-2-15)12-23-18-9-19(23)14-22(13-18)11-17-5-7-21-8-6-17/h1-8,18-19H,9,11-14H2. The number of fused-ring (bicyclic) bond motifs is 2. The molecule has 5 rings (SSSR count). The number of rotatable bonds is 4. The molecule has 2 bridgehead atoms. The Bertz CT molecular complexity index is 692. The van der Waals surface area contributed by atoms with Crippen LogP contribution in [-0.2, 0) is 13.1 Å². The lowest BCUT2D eigenvalue weighted by Gasteiger charge is -2.56. The van der Waals surface area contributed by atoms with E-state index in [-0.39, 0.29) is 0 Å². The normalized spacial score (nSPS) is 24.0. The lowest BCUT2D eigenvalue weighted by molar-refractivity contribution is -0.0774. The fraction of sp³-hybridized carbons (Fsp3) is 0.368. The number of piperidine rings is 1. The quantitative estimate of drug-likeness (QED) is 0.870. The number of pyridine rings is 1. The van der Waals surface area contributed by atoms with Crippen molar-refractivity contribution in [2.75, 3.05) is 13.1 Å². The molecule has 23 heavy (non-hydrogen) atoms. The molecule has 2 aromatic rings. The summed E-state index contributed by atoms with van der Waals surface area (Å²) >= 11 is 0. The van der Waals surface area contributed by atoms with E-state index < -0.39 is 0 Å². The summed E-state index contributed by atoms with van der Waals surface area (Å²) in [7, 11) is 0. The summed E-state index contributed by atoms with van der Waals surface area (Å²) in [4.78, 5) is 9.26. The third-order valence-electron chi connectivity index (χ3n) is 5.02. The fourth-order valence-electron chi connectivity index (χ4n) is 3.80. The zero-order chi connectivity index (χ0) is 15.6. The maximum absolute atomic E-state index is 8.88. The molecular formula is C19H20N4. The number of aromatic nitrogens is 1. The van der Waals surface area contributed by atoms with E-state index in [1.807, 2.05) is 24.5 Å². The molecule has 0 saturated carbocycles. The molecule has 0 amide bonds. The van der Waals surface area contributed by atoms with E-state index in [1.54, 1.807) is 0 Å². The van der Waals surface area contributed by atoms with Crippen LogP contribution in [0, 0.1) is 11.3 Å². The summed E-state index contributed by atoms with van der Waals surface area (Å²) in [6, 6.07) is 15.7. The van der Waals surface area contributed by atoms with E-state index >= 15 is 0 Å². The van der Waals surface area contributed by atoms with Crippen molar-refractivity contribution in [3.63, 3.8) is 0 Å². The lowest BCUT2D eigenvalue weighted by atomic mass is 9.86. The summed E-state index contributed by atoms with van der Waals surface area (Å²) in [6.45, 7) is 4.33. The van der Waals surface area contributed by atoms with Crippen molar-refractivity contribution in [1.82, 2.24) is 14.8 Å². The molecule has 3 fully saturated rings. The van der Waals surface area contributed by atoms with E-state index in [2.05, 4.69) is 45.1 Å². The minimum absolute atomic E-state index is 0.672. The Morgan fingerprint density at radius 1 is 0.957 bits per heavy atom. The Morgan fingerprint density at radius 2 is 1.61 bits per heavy atom. The first kappa shape index (κ1) is 14.4. The summed E-state index contributed by atoms with van der Waals surface area (Å²) in [6.07, 6.45) is 5.07. The molecule has 0 radical (unpaired) electrons. The monoisotopic (exact) mass is 304 g/mol. The Balaban J connectivity index is 1.35. The van der Waals surface area contributed by atoms with Crippen molar-refractivity contribution in [1.29, 1.82) is 5.26 Å². The summed E-state index contributed by atoms with van der Waals surface area (Å²) in [5, 5.41) is 8.88. The van der Waals surface area contributed by atoms with E-state index in [1.165, 1.54) is 17.5 Å². The van der Waals surface area contributed by atoms with E-state index in [9.17, 15) is 0 Å². The van der Waals surface area contributed by atoms with E-state index in [0.717, 1.165) is 31.7 Å². The minimum Gasteiger partial charge on any atom is -0.296 e. The molecule has 116 valence electrons. The van der Waals surface area contributed by atoms with Gasteiger partial charge in [0.1, 0.15) is 0 Å². The average molecular weight is 304 g/mol. The second-order valence-corrected chi connectivity index (χ2v) is 6.57. The molecule has 4 heterocycles. The van der Waals surface area contributed by atoms with Crippen LogP contribution in [0.5, 0.6) is 0 Å². The van der Waals surface area contributed by atoms with Crippen LogP contribution >= 0.6 is 0 Å². The number of hydrogen-bond acceptors (Lipinski definition) is 4. The molecule has 0 aliphatic carbocycles. The third kappa shape index (κ3) is 2.98. The predicted molar refractivity (Wildman–Crippen MR) is 88.4 cm³/mol. The van der Waals surface area contributed by atoms with Crippen molar-refractivity contribution < 1.29 is 0 Å². The van der Waals surface area contributed by atoms with Gasteiger partial charge in [0, 0.05) is 50.7 Å². The first-order valence-electron chi connectivity index (χ1n) is 8.18. The number of piperazine rings is 1. The van der Waals surface area contributed by atoms with Crippen molar-refractivity contribution >= 4 is 0 Å². The molecule has 2 unspecified atom stereocenters. The van der Waals surface area contributed by atoms with Gasteiger partial charge in [0.25, 0.3) is 0 Å². The van der Waals surface area contributed by atoms with E-state index in [0.29, 0.717) is 12.1 Å². The van der Waals surface area contributed by atoms with Crippen LogP contribution < -0.4 is 0 Å². The molecule has 3 aliphatic heterocycles.